The highest BCUT2D eigenvalue weighted by atomic mass is 16.3. The number of hydrogen-bond donors (Lipinski definition) is 2. The minimum atomic E-state index is 0.292. The average Bonchev–Trinajstić information content (AvgIpc) is 2.95. The van der Waals surface area contributed by atoms with Crippen LogP contribution in [0.4, 0.5) is 0 Å². The van der Waals surface area contributed by atoms with E-state index in [1.165, 1.54) is 6.42 Å². The summed E-state index contributed by atoms with van der Waals surface area (Å²) in [6, 6.07) is 11.7. The second kappa shape index (κ2) is 6.01. The molecule has 1 aliphatic rings. The van der Waals surface area contributed by atoms with Crippen LogP contribution in [0.5, 0.6) is 5.75 Å². The number of hydrogen-bond acceptors (Lipinski definition) is 4. The van der Waals surface area contributed by atoms with Crippen molar-refractivity contribution >= 4 is 11.2 Å². The fourth-order valence-electron chi connectivity index (χ4n) is 3.34. The van der Waals surface area contributed by atoms with E-state index in [2.05, 4.69) is 14.9 Å². The number of nitrogens with one attached hydrogen (secondary N) is 1. The standard InChI is InChI=1S/C18H20N4O/c23-15-7-5-13(6-8-15)11-17-21-16-4-2-10-20-18(16)22(17)14-3-1-9-19-12-14/h2,4-8,10,14,19,23H,1,3,9,11-12H2. The molecule has 1 atom stereocenters. The lowest BCUT2D eigenvalue weighted by molar-refractivity contribution is 0.370. The summed E-state index contributed by atoms with van der Waals surface area (Å²) in [7, 11) is 0. The van der Waals surface area contributed by atoms with Crippen molar-refractivity contribution in [1.29, 1.82) is 0 Å². The molecule has 0 bridgehead atoms. The summed E-state index contributed by atoms with van der Waals surface area (Å²) in [5, 5.41) is 12.9. The molecule has 1 aromatic carbocycles. The third kappa shape index (κ3) is 2.80. The van der Waals surface area contributed by atoms with Gasteiger partial charge in [0.05, 0.1) is 0 Å². The lowest BCUT2D eigenvalue weighted by Gasteiger charge is -2.26. The van der Waals surface area contributed by atoms with Crippen LogP contribution in [0.3, 0.4) is 0 Å². The molecule has 4 rings (SSSR count). The molecule has 5 heteroatoms. The summed E-state index contributed by atoms with van der Waals surface area (Å²) in [5.74, 6) is 1.33. The second-order valence-corrected chi connectivity index (χ2v) is 6.09. The lowest BCUT2D eigenvalue weighted by atomic mass is 10.1. The van der Waals surface area contributed by atoms with E-state index < -0.39 is 0 Å². The van der Waals surface area contributed by atoms with Crippen molar-refractivity contribution in [1.82, 2.24) is 19.9 Å². The Morgan fingerprint density at radius 3 is 2.87 bits per heavy atom. The van der Waals surface area contributed by atoms with Crippen molar-refractivity contribution in [2.45, 2.75) is 25.3 Å². The SMILES string of the molecule is Oc1ccc(Cc2nc3cccnc3n2C2CCCNC2)cc1. The van der Waals surface area contributed by atoms with Gasteiger partial charge in [-0.1, -0.05) is 12.1 Å². The Hall–Kier alpha value is -2.40. The molecule has 0 amide bonds. The number of pyridine rings is 1. The van der Waals surface area contributed by atoms with Crippen LogP contribution < -0.4 is 5.32 Å². The van der Waals surface area contributed by atoms with E-state index in [0.717, 1.165) is 48.5 Å². The molecule has 3 heterocycles. The van der Waals surface area contributed by atoms with Crippen molar-refractivity contribution in [3.8, 4) is 5.75 Å². The molecule has 0 aliphatic carbocycles. The van der Waals surface area contributed by atoms with Crippen molar-refractivity contribution in [3.05, 3.63) is 54.0 Å². The molecular weight excluding hydrogens is 288 g/mol. The van der Waals surface area contributed by atoms with Gasteiger partial charge < -0.3 is 15.0 Å². The highest BCUT2D eigenvalue weighted by Gasteiger charge is 2.21. The summed E-state index contributed by atoms with van der Waals surface area (Å²) >= 11 is 0. The molecule has 1 fully saturated rings. The van der Waals surface area contributed by atoms with Crippen LogP contribution in [-0.4, -0.2) is 32.7 Å². The summed E-state index contributed by atoms with van der Waals surface area (Å²) in [4.78, 5) is 9.38. The highest BCUT2D eigenvalue weighted by Crippen LogP contribution is 2.26. The van der Waals surface area contributed by atoms with Gasteiger partial charge in [0.1, 0.15) is 17.1 Å². The predicted molar refractivity (Wildman–Crippen MR) is 89.6 cm³/mol. The second-order valence-electron chi connectivity index (χ2n) is 6.09. The zero-order valence-electron chi connectivity index (χ0n) is 12.9. The van der Waals surface area contributed by atoms with Gasteiger partial charge in [0.2, 0.25) is 0 Å². The summed E-state index contributed by atoms with van der Waals surface area (Å²) in [5.41, 5.74) is 3.06. The number of rotatable bonds is 3. The Morgan fingerprint density at radius 2 is 2.09 bits per heavy atom. The fraction of sp³-hybridized carbons (Fsp3) is 0.333. The quantitative estimate of drug-likeness (QED) is 0.781. The van der Waals surface area contributed by atoms with E-state index >= 15 is 0 Å². The van der Waals surface area contributed by atoms with E-state index in [9.17, 15) is 5.11 Å². The number of aromatic nitrogens is 3. The van der Waals surface area contributed by atoms with Gasteiger partial charge in [-0.05, 0) is 49.2 Å². The predicted octanol–water partition coefficient (Wildman–Crippen LogP) is 2.65. The summed E-state index contributed by atoms with van der Waals surface area (Å²) in [6.07, 6.45) is 4.90. The Kier molecular flexibility index (Phi) is 3.71. The van der Waals surface area contributed by atoms with Crippen LogP contribution in [0.2, 0.25) is 0 Å². The number of fused-ring (bicyclic) bond motifs is 1. The Morgan fingerprint density at radius 1 is 1.22 bits per heavy atom. The molecule has 3 aromatic rings. The van der Waals surface area contributed by atoms with E-state index in [4.69, 9.17) is 4.98 Å². The van der Waals surface area contributed by atoms with Crippen LogP contribution >= 0.6 is 0 Å². The fourth-order valence-corrected chi connectivity index (χ4v) is 3.34. The summed E-state index contributed by atoms with van der Waals surface area (Å²) < 4.78 is 2.30. The molecule has 5 nitrogen and oxygen atoms in total. The molecule has 0 spiro atoms. The van der Waals surface area contributed by atoms with E-state index in [0.29, 0.717) is 11.8 Å². The number of phenolic OH excluding ortho intramolecular Hbond substituents is 1. The third-order valence-electron chi connectivity index (χ3n) is 4.46. The zero-order chi connectivity index (χ0) is 15.6. The van der Waals surface area contributed by atoms with Gasteiger partial charge in [-0.25, -0.2) is 9.97 Å². The first-order valence-corrected chi connectivity index (χ1v) is 8.12. The van der Waals surface area contributed by atoms with Crippen molar-refractivity contribution in [2.24, 2.45) is 0 Å². The Bertz CT molecular complexity index is 804. The van der Waals surface area contributed by atoms with Crippen LogP contribution in [0.1, 0.15) is 30.3 Å². The minimum absolute atomic E-state index is 0.292. The molecule has 0 saturated carbocycles. The first-order valence-electron chi connectivity index (χ1n) is 8.12. The maximum absolute atomic E-state index is 9.46. The first-order chi connectivity index (χ1) is 11.3. The maximum atomic E-state index is 9.46. The molecule has 2 N–H and O–H groups in total. The molecule has 1 unspecified atom stereocenters. The average molecular weight is 308 g/mol. The van der Waals surface area contributed by atoms with Crippen molar-refractivity contribution in [2.75, 3.05) is 13.1 Å². The number of aromatic hydroxyl groups is 1. The number of nitrogens with zero attached hydrogens (tertiary/aromatic N) is 3. The van der Waals surface area contributed by atoms with Crippen LogP contribution in [-0.2, 0) is 6.42 Å². The Balaban J connectivity index is 1.76. The van der Waals surface area contributed by atoms with E-state index in [-0.39, 0.29) is 0 Å². The van der Waals surface area contributed by atoms with Crippen LogP contribution in [0, 0.1) is 0 Å². The van der Waals surface area contributed by atoms with Gasteiger partial charge in [-0.2, -0.15) is 0 Å². The number of benzene rings is 1. The molecular formula is C18H20N4O. The number of imidazole rings is 1. The molecule has 1 saturated heterocycles. The first kappa shape index (κ1) is 14.2. The molecule has 0 radical (unpaired) electrons. The van der Waals surface area contributed by atoms with Crippen molar-refractivity contribution < 1.29 is 5.11 Å². The van der Waals surface area contributed by atoms with Crippen LogP contribution in [0.15, 0.2) is 42.6 Å². The van der Waals surface area contributed by atoms with Crippen LogP contribution in [0.25, 0.3) is 11.2 Å². The lowest BCUT2D eigenvalue weighted by Crippen LogP contribution is -2.32. The highest BCUT2D eigenvalue weighted by molar-refractivity contribution is 5.71. The molecule has 2 aromatic heterocycles. The van der Waals surface area contributed by atoms with Gasteiger partial charge in [-0.15, -0.1) is 0 Å². The van der Waals surface area contributed by atoms with Crippen molar-refractivity contribution in [3.63, 3.8) is 0 Å². The Labute approximate surface area is 135 Å². The van der Waals surface area contributed by atoms with Gasteiger partial charge in [-0.3, -0.25) is 0 Å². The van der Waals surface area contributed by atoms with E-state index in [1.54, 1.807) is 12.1 Å². The molecule has 1 aliphatic heterocycles. The summed E-state index contributed by atoms with van der Waals surface area (Å²) in [6.45, 7) is 2.05. The number of piperidine rings is 1. The molecule has 23 heavy (non-hydrogen) atoms. The van der Waals surface area contributed by atoms with Gasteiger partial charge in [0.25, 0.3) is 0 Å². The monoisotopic (exact) mass is 308 g/mol. The topological polar surface area (TPSA) is 63.0 Å². The molecule has 118 valence electrons. The maximum Gasteiger partial charge on any atom is 0.160 e. The third-order valence-corrected chi connectivity index (χ3v) is 4.46. The normalized spacial score (nSPS) is 18.3. The zero-order valence-corrected chi connectivity index (χ0v) is 12.9. The largest absolute Gasteiger partial charge is 0.508 e. The smallest absolute Gasteiger partial charge is 0.160 e. The number of phenols is 1. The van der Waals surface area contributed by atoms with E-state index in [1.807, 2.05) is 30.5 Å². The minimum Gasteiger partial charge on any atom is -0.508 e. The van der Waals surface area contributed by atoms with Gasteiger partial charge >= 0.3 is 0 Å². The van der Waals surface area contributed by atoms with Gasteiger partial charge in [0.15, 0.2) is 5.65 Å². The van der Waals surface area contributed by atoms with Gasteiger partial charge in [0, 0.05) is 25.2 Å².